The van der Waals surface area contributed by atoms with Crippen LogP contribution < -0.4 is 10.1 Å². The van der Waals surface area contributed by atoms with Gasteiger partial charge in [0.25, 0.3) is 0 Å². The first-order valence-corrected chi connectivity index (χ1v) is 6.82. The largest absolute Gasteiger partial charge is 0.496 e. The average molecular weight is 264 g/mol. The van der Waals surface area contributed by atoms with Crippen LogP contribution in [0.25, 0.3) is 0 Å². The zero-order chi connectivity index (χ0) is 13.8. The fraction of sp³-hybridized carbons (Fsp3) is 0.600. The molecule has 1 heterocycles. The maximum Gasteiger partial charge on any atom is 0.122 e. The first-order chi connectivity index (χ1) is 9.08. The summed E-state index contributed by atoms with van der Waals surface area (Å²) in [5, 5.41) is 12.8. The van der Waals surface area contributed by atoms with Crippen molar-refractivity contribution >= 4 is 0 Å². The lowest BCUT2D eigenvalue weighted by molar-refractivity contribution is 0.189. The van der Waals surface area contributed by atoms with Gasteiger partial charge in [0.05, 0.1) is 13.2 Å². The molecule has 0 amide bonds. The number of aliphatic hydroxyl groups is 1. The molecular weight excluding hydrogens is 240 g/mol. The van der Waals surface area contributed by atoms with Crippen molar-refractivity contribution in [3.05, 3.63) is 29.3 Å². The Kier molecular flexibility index (Phi) is 4.80. The number of hydrogen-bond donors (Lipinski definition) is 2. The van der Waals surface area contributed by atoms with Crippen molar-refractivity contribution in [1.82, 2.24) is 10.2 Å². The molecule has 1 aliphatic heterocycles. The Hall–Kier alpha value is -1.10. The monoisotopic (exact) mass is 264 g/mol. The van der Waals surface area contributed by atoms with E-state index in [4.69, 9.17) is 4.74 Å². The lowest BCUT2D eigenvalue weighted by atomic mass is 10.1. The zero-order valence-corrected chi connectivity index (χ0v) is 12.0. The Morgan fingerprint density at radius 1 is 1.47 bits per heavy atom. The van der Waals surface area contributed by atoms with Crippen molar-refractivity contribution in [2.75, 3.05) is 27.2 Å². The number of ether oxygens (including phenoxy) is 1. The molecule has 2 N–H and O–H groups in total. The molecule has 0 radical (unpaired) electrons. The lowest BCUT2D eigenvalue weighted by Crippen LogP contribution is -2.34. The van der Waals surface area contributed by atoms with E-state index >= 15 is 0 Å². The molecule has 2 atom stereocenters. The summed E-state index contributed by atoms with van der Waals surface area (Å²) in [5.41, 5.74) is 2.41. The number of rotatable bonds is 5. The summed E-state index contributed by atoms with van der Waals surface area (Å²) in [5.74, 6) is 0.945. The van der Waals surface area contributed by atoms with E-state index in [0.29, 0.717) is 6.04 Å². The highest BCUT2D eigenvalue weighted by Gasteiger charge is 2.22. The topological polar surface area (TPSA) is 44.7 Å². The normalized spacial score (nSPS) is 23.0. The highest BCUT2D eigenvalue weighted by Crippen LogP contribution is 2.20. The Balaban J connectivity index is 1.89. The van der Waals surface area contributed by atoms with Crippen molar-refractivity contribution in [3.8, 4) is 5.75 Å². The van der Waals surface area contributed by atoms with Gasteiger partial charge in [0, 0.05) is 25.7 Å². The summed E-state index contributed by atoms with van der Waals surface area (Å²) >= 11 is 0. The molecule has 2 rings (SSSR count). The number of aliphatic hydroxyl groups excluding tert-OH is 1. The lowest BCUT2D eigenvalue weighted by Gasteiger charge is -2.21. The average Bonchev–Trinajstić information content (AvgIpc) is 2.77. The molecule has 0 aromatic heterocycles. The Bertz CT molecular complexity index is 423. The van der Waals surface area contributed by atoms with Crippen LogP contribution in [-0.2, 0) is 6.54 Å². The number of methoxy groups -OCH3 is 1. The van der Waals surface area contributed by atoms with Crippen LogP contribution in [0.3, 0.4) is 0 Å². The summed E-state index contributed by atoms with van der Waals surface area (Å²) < 4.78 is 5.35. The molecule has 1 aromatic rings. The van der Waals surface area contributed by atoms with E-state index < -0.39 is 0 Å². The summed E-state index contributed by atoms with van der Waals surface area (Å²) in [6, 6.07) is 6.74. The van der Waals surface area contributed by atoms with E-state index in [-0.39, 0.29) is 6.10 Å². The molecule has 106 valence electrons. The maximum absolute atomic E-state index is 9.50. The van der Waals surface area contributed by atoms with Gasteiger partial charge in [0.2, 0.25) is 0 Å². The number of aryl methyl sites for hydroxylation is 1. The SMILES string of the molecule is COc1cc(CN(C)C[C@@H]2C[C@@H](O)CN2)ccc1C. The van der Waals surface area contributed by atoms with Gasteiger partial charge in [-0.2, -0.15) is 0 Å². The predicted molar refractivity (Wildman–Crippen MR) is 76.5 cm³/mol. The highest BCUT2D eigenvalue weighted by atomic mass is 16.5. The van der Waals surface area contributed by atoms with Crippen LogP contribution in [0, 0.1) is 6.92 Å². The molecule has 19 heavy (non-hydrogen) atoms. The van der Waals surface area contributed by atoms with Crippen LogP contribution in [0.4, 0.5) is 0 Å². The van der Waals surface area contributed by atoms with Crippen molar-refractivity contribution in [1.29, 1.82) is 0 Å². The van der Waals surface area contributed by atoms with Gasteiger partial charge in [-0.3, -0.25) is 0 Å². The van der Waals surface area contributed by atoms with Gasteiger partial charge in [-0.15, -0.1) is 0 Å². The molecule has 1 aliphatic rings. The fourth-order valence-electron chi connectivity index (χ4n) is 2.65. The number of β-amino-alcohol motifs (C(OH)–C–C–N with tert-alkyl or cyclic N) is 1. The molecule has 0 bridgehead atoms. The van der Waals surface area contributed by atoms with Gasteiger partial charge < -0.3 is 20.1 Å². The summed E-state index contributed by atoms with van der Waals surface area (Å²) in [7, 11) is 3.82. The van der Waals surface area contributed by atoms with Crippen LogP contribution in [-0.4, -0.2) is 49.4 Å². The zero-order valence-electron chi connectivity index (χ0n) is 12.0. The molecular formula is C15H24N2O2. The second-order valence-corrected chi connectivity index (χ2v) is 5.50. The number of nitrogens with one attached hydrogen (secondary N) is 1. The Morgan fingerprint density at radius 3 is 2.89 bits per heavy atom. The van der Waals surface area contributed by atoms with Crippen molar-refractivity contribution < 1.29 is 9.84 Å². The minimum absolute atomic E-state index is 0.183. The third-order valence-corrected chi connectivity index (χ3v) is 3.66. The van der Waals surface area contributed by atoms with Crippen LogP contribution in [0.5, 0.6) is 5.75 Å². The van der Waals surface area contributed by atoms with Gasteiger partial charge in [-0.05, 0) is 37.6 Å². The molecule has 1 aromatic carbocycles. The highest BCUT2D eigenvalue weighted by molar-refractivity contribution is 5.36. The molecule has 0 aliphatic carbocycles. The third kappa shape index (κ3) is 3.93. The predicted octanol–water partition coefficient (Wildman–Crippen LogP) is 1.16. The van der Waals surface area contributed by atoms with Crippen molar-refractivity contribution in [2.24, 2.45) is 0 Å². The molecule has 4 nitrogen and oxygen atoms in total. The van der Waals surface area contributed by atoms with Crippen LogP contribution in [0.1, 0.15) is 17.5 Å². The fourth-order valence-corrected chi connectivity index (χ4v) is 2.65. The minimum Gasteiger partial charge on any atom is -0.496 e. The maximum atomic E-state index is 9.50. The van der Waals surface area contributed by atoms with E-state index in [1.54, 1.807) is 7.11 Å². The summed E-state index contributed by atoms with van der Waals surface area (Å²) in [4.78, 5) is 2.28. The van der Waals surface area contributed by atoms with Gasteiger partial charge in [-0.25, -0.2) is 0 Å². The van der Waals surface area contributed by atoms with Crippen molar-refractivity contribution in [3.63, 3.8) is 0 Å². The molecule has 1 fully saturated rings. The minimum atomic E-state index is -0.183. The van der Waals surface area contributed by atoms with Crippen LogP contribution in [0.15, 0.2) is 18.2 Å². The van der Waals surface area contributed by atoms with Gasteiger partial charge in [-0.1, -0.05) is 12.1 Å². The molecule has 0 saturated carbocycles. The summed E-state index contributed by atoms with van der Waals surface area (Å²) in [6.07, 6.45) is 0.666. The molecule has 1 saturated heterocycles. The van der Waals surface area contributed by atoms with Gasteiger partial charge in [0.15, 0.2) is 0 Å². The quantitative estimate of drug-likeness (QED) is 0.837. The second-order valence-electron chi connectivity index (χ2n) is 5.50. The van der Waals surface area contributed by atoms with Gasteiger partial charge >= 0.3 is 0 Å². The number of hydrogen-bond acceptors (Lipinski definition) is 4. The molecule has 0 unspecified atom stereocenters. The first-order valence-electron chi connectivity index (χ1n) is 6.82. The van der Waals surface area contributed by atoms with E-state index in [1.165, 1.54) is 5.56 Å². The van der Waals surface area contributed by atoms with Gasteiger partial charge in [0.1, 0.15) is 5.75 Å². The third-order valence-electron chi connectivity index (χ3n) is 3.66. The number of benzene rings is 1. The van der Waals surface area contributed by atoms with Crippen LogP contribution >= 0.6 is 0 Å². The first kappa shape index (κ1) is 14.3. The molecule has 0 spiro atoms. The smallest absolute Gasteiger partial charge is 0.122 e. The van der Waals surface area contributed by atoms with E-state index in [0.717, 1.165) is 37.4 Å². The Morgan fingerprint density at radius 2 is 2.26 bits per heavy atom. The van der Waals surface area contributed by atoms with Crippen LogP contribution in [0.2, 0.25) is 0 Å². The van der Waals surface area contributed by atoms with E-state index in [9.17, 15) is 5.11 Å². The van der Waals surface area contributed by atoms with Crippen molar-refractivity contribution in [2.45, 2.75) is 32.0 Å². The second kappa shape index (κ2) is 6.37. The summed E-state index contributed by atoms with van der Waals surface area (Å²) in [6.45, 7) is 4.62. The number of nitrogens with zero attached hydrogens (tertiary/aromatic N) is 1. The van der Waals surface area contributed by atoms with E-state index in [1.807, 2.05) is 0 Å². The van der Waals surface area contributed by atoms with E-state index in [2.05, 4.69) is 42.4 Å². The molecule has 4 heteroatoms. The number of likely N-dealkylation sites (N-methyl/N-ethyl adjacent to an activating group) is 1. The Labute approximate surface area is 115 Å². The standard InChI is InChI=1S/C15H24N2O2/c1-11-4-5-12(6-15(11)19-3)9-17(2)10-13-7-14(18)8-16-13/h4-6,13-14,16,18H,7-10H2,1-3H3/t13-,14+/m0/s1.